The van der Waals surface area contributed by atoms with Gasteiger partial charge in [-0.1, -0.05) is 0 Å². The van der Waals surface area contributed by atoms with Crippen molar-refractivity contribution in [3.63, 3.8) is 0 Å². The third kappa shape index (κ3) is 3.27. The molecule has 1 aliphatic heterocycles. The second kappa shape index (κ2) is 4.51. The maximum Gasteiger partial charge on any atom is 0.310 e. The van der Waals surface area contributed by atoms with E-state index in [0.717, 1.165) is 6.54 Å². The highest BCUT2D eigenvalue weighted by molar-refractivity contribution is 7.79. The zero-order valence-electron chi connectivity index (χ0n) is 7.56. The Balaban J connectivity index is 2.35. The summed E-state index contributed by atoms with van der Waals surface area (Å²) in [6.45, 7) is 1.36. The minimum atomic E-state index is -1.65. The van der Waals surface area contributed by atoms with Gasteiger partial charge in [0.2, 0.25) is 5.96 Å². The molecule has 0 saturated heterocycles. The number of hydroxylamine groups is 1. The summed E-state index contributed by atoms with van der Waals surface area (Å²) < 4.78 is 18.7. The van der Waals surface area contributed by atoms with Crippen LogP contribution >= 0.6 is 0 Å². The summed E-state index contributed by atoms with van der Waals surface area (Å²) >= 11 is -1.65. The fourth-order valence-electron chi connectivity index (χ4n) is 0.705. The molecule has 0 amide bonds. The predicted octanol–water partition coefficient (Wildman–Crippen LogP) is -1.81. The molecule has 0 aliphatic carbocycles. The van der Waals surface area contributed by atoms with E-state index >= 15 is 0 Å². The Labute approximate surface area is 79.3 Å². The lowest BCUT2D eigenvalue weighted by Gasteiger charge is -2.18. The lowest BCUT2D eigenvalue weighted by atomic mass is 10.5. The highest BCUT2D eigenvalue weighted by Gasteiger charge is 2.17. The van der Waals surface area contributed by atoms with E-state index in [9.17, 15) is 4.21 Å². The predicted molar refractivity (Wildman–Crippen MR) is 49.2 cm³/mol. The summed E-state index contributed by atoms with van der Waals surface area (Å²) in [5.41, 5.74) is 2.36. The Morgan fingerprint density at radius 2 is 2.31 bits per heavy atom. The van der Waals surface area contributed by atoms with Crippen LogP contribution in [0, 0.1) is 0 Å². The molecule has 1 aliphatic rings. The number of hydrazine groups is 1. The summed E-state index contributed by atoms with van der Waals surface area (Å²) in [6, 6.07) is 0. The van der Waals surface area contributed by atoms with Gasteiger partial charge in [0.25, 0.3) is 0 Å². The van der Waals surface area contributed by atoms with Crippen molar-refractivity contribution in [1.82, 2.24) is 15.4 Å². The second-order valence-electron chi connectivity index (χ2n) is 2.81. The van der Waals surface area contributed by atoms with Crippen molar-refractivity contribution in [2.45, 2.75) is 0 Å². The van der Waals surface area contributed by atoms with Gasteiger partial charge >= 0.3 is 11.3 Å². The molecule has 1 atom stereocenters. The molecule has 0 saturated carbocycles. The van der Waals surface area contributed by atoms with Gasteiger partial charge in [-0.25, -0.2) is 15.5 Å². The van der Waals surface area contributed by atoms with Gasteiger partial charge in [0.05, 0.1) is 0 Å². The van der Waals surface area contributed by atoms with Gasteiger partial charge in [0.1, 0.15) is 0 Å². The molecule has 13 heavy (non-hydrogen) atoms. The van der Waals surface area contributed by atoms with Crippen molar-refractivity contribution in [1.29, 1.82) is 0 Å². The normalized spacial score (nSPS) is 21.5. The lowest BCUT2D eigenvalue weighted by Crippen LogP contribution is -2.46. The molecule has 0 aromatic carbocycles. The second-order valence-corrected chi connectivity index (χ2v) is 3.60. The van der Waals surface area contributed by atoms with Crippen molar-refractivity contribution in [2.24, 2.45) is 10.2 Å². The smallest absolute Gasteiger partial charge is 0.308 e. The molecule has 0 aromatic rings. The Hall–Kier alpha value is -0.700. The molecule has 1 heterocycles. The molecular formula is C5H13N5O2S. The number of nitrogens with two attached hydrogens (primary N) is 1. The quantitative estimate of drug-likeness (QED) is 0.419. The van der Waals surface area contributed by atoms with Crippen molar-refractivity contribution < 1.29 is 8.49 Å². The van der Waals surface area contributed by atoms with E-state index in [1.54, 1.807) is 0 Å². The molecule has 0 radical (unpaired) electrons. The Morgan fingerprint density at radius 1 is 1.62 bits per heavy atom. The number of guanidine groups is 1. The van der Waals surface area contributed by atoms with Crippen molar-refractivity contribution in [3.05, 3.63) is 0 Å². The van der Waals surface area contributed by atoms with Crippen molar-refractivity contribution >= 4 is 17.2 Å². The first kappa shape index (κ1) is 10.4. The lowest BCUT2D eigenvalue weighted by molar-refractivity contribution is 0.266. The molecule has 8 heteroatoms. The summed E-state index contributed by atoms with van der Waals surface area (Å²) in [6.07, 6.45) is 0. The first-order valence-corrected chi connectivity index (χ1v) is 4.73. The average molecular weight is 207 g/mol. The van der Waals surface area contributed by atoms with E-state index in [-0.39, 0.29) is 0 Å². The molecule has 76 valence electrons. The van der Waals surface area contributed by atoms with Gasteiger partial charge in [-0.05, 0) is 14.1 Å². The van der Waals surface area contributed by atoms with E-state index in [2.05, 4.69) is 14.2 Å². The molecule has 3 N–H and O–H groups in total. The third-order valence-corrected chi connectivity index (χ3v) is 1.97. The van der Waals surface area contributed by atoms with E-state index in [1.165, 1.54) is 5.01 Å². The number of hydrogen-bond donors (Lipinski definition) is 2. The zero-order chi connectivity index (χ0) is 9.84. The molecule has 0 bridgehead atoms. The highest BCUT2D eigenvalue weighted by atomic mass is 32.2. The van der Waals surface area contributed by atoms with Gasteiger partial charge in [0, 0.05) is 13.1 Å². The molecule has 0 spiro atoms. The van der Waals surface area contributed by atoms with Gasteiger partial charge < -0.3 is 4.90 Å². The van der Waals surface area contributed by atoms with Crippen LogP contribution in [-0.4, -0.2) is 47.3 Å². The summed E-state index contributed by atoms with van der Waals surface area (Å²) in [5, 5.41) is 1.35. The van der Waals surface area contributed by atoms with E-state index in [1.807, 2.05) is 19.0 Å². The molecule has 1 rings (SSSR count). The van der Waals surface area contributed by atoms with Crippen LogP contribution in [0.25, 0.3) is 0 Å². The van der Waals surface area contributed by atoms with Crippen LogP contribution in [0.2, 0.25) is 0 Å². The number of nitrogens with one attached hydrogen (secondary N) is 1. The summed E-state index contributed by atoms with van der Waals surface area (Å²) in [4.78, 5) is 1.98. The first-order valence-electron chi connectivity index (χ1n) is 3.70. The van der Waals surface area contributed by atoms with Crippen LogP contribution in [0.1, 0.15) is 0 Å². The fourth-order valence-corrected chi connectivity index (χ4v) is 1.17. The monoisotopic (exact) mass is 207 g/mol. The molecule has 0 aromatic heterocycles. The van der Waals surface area contributed by atoms with E-state index in [0.29, 0.717) is 12.5 Å². The highest BCUT2D eigenvalue weighted by Crippen LogP contribution is 1.96. The number of rotatable bonds is 3. The SMILES string of the molecule is CN(C)CCN(N)C1=NS(=O)ON1. The van der Waals surface area contributed by atoms with Crippen LogP contribution in [-0.2, 0) is 15.6 Å². The standard InChI is InChI=1S/C5H13N5O2S/c1-9(2)3-4-10(6)5-7-12-13(11)8-5/h3-4,6H2,1-2H3,(H,7,8). The first-order chi connectivity index (χ1) is 6.09. The summed E-state index contributed by atoms with van der Waals surface area (Å²) in [5.74, 6) is 5.88. The average Bonchev–Trinajstić information content (AvgIpc) is 2.47. The van der Waals surface area contributed by atoms with Crippen LogP contribution < -0.4 is 11.3 Å². The van der Waals surface area contributed by atoms with Crippen LogP contribution in [0.3, 0.4) is 0 Å². The maximum absolute atomic E-state index is 10.6. The fraction of sp³-hybridized carbons (Fsp3) is 0.800. The molecule has 1 unspecified atom stereocenters. The Bertz CT molecular complexity index is 231. The van der Waals surface area contributed by atoms with Crippen LogP contribution in [0.5, 0.6) is 0 Å². The molecular weight excluding hydrogens is 194 g/mol. The number of nitrogens with zero attached hydrogens (tertiary/aromatic N) is 3. The Kier molecular flexibility index (Phi) is 3.60. The van der Waals surface area contributed by atoms with Gasteiger partial charge in [0.15, 0.2) is 0 Å². The maximum atomic E-state index is 10.6. The topological polar surface area (TPSA) is 83.2 Å². The van der Waals surface area contributed by atoms with Gasteiger partial charge in [-0.3, -0.25) is 5.01 Å². The van der Waals surface area contributed by atoms with Crippen LogP contribution in [0.15, 0.2) is 4.40 Å². The van der Waals surface area contributed by atoms with Crippen molar-refractivity contribution in [2.75, 3.05) is 27.2 Å². The Morgan fingerprint density at radius 3 is 2.77 bits per heavy atom. The minimum Gasteiger partial charge on any atom is -0.308 e. The molecule has 7 nitrogen and oxygen atoms in total. The number of likely N-dealkylation sites (N-methyl/N-ethyl adjacent to an activating group) is 1. The largest absolute Gasteiger partial charge is 0.310 e. The number of hydrogen-bond acceptors (Lipinski definition) is 6. The minimum absolute atomic E-state index is 0.292. The van der Waals surface area contributed by atoms with Crippen LogP contribution in [0.4, 0.5) is 0 Å². The summed E-state index contributed by atoms with van der Waals surface area (Å²) in [7, 11) is 3.87. The van der Waals surface area contributed by atoms with Crippen molar-refractivity contribution in [3.8, 4) is 0 Å². The third-order valence-electron chi connectivity index (χ3n) is 1.43. The van der Waals surface area contributed by atoms with Gasteiger partial charge in [-0.2, -0.15) is 4.28 Å². The molecule has 0 fully saturated rings. The van der Waals surface area contributed by atoms with Gasteiger partial charge in [-0.15, -0.1) is 4.40 Å². The van der Waals surface area contributed by atoms with E-state index in [4.69, 9.17) is 5.84 Å². The van der Waals surface area contributed by atoms with E-state index < -0.39 is 11.3 Å². The zero-order valence-corrected chi connectivity index (χ0v) is 8.37.